The van der Waals surface area contributed by atoms with Gasteiger partial charge in [0.15, 0.2) is 0 Å². The maximum Gasteiger partial charge on any atom is 0.272 e. The zero-order valence-corrected chi connectivity index (χ0v) is 15.0. The Morgan fingerprint density at radius 2 is 2.14 bits per heavy atom. The Morgan fingerprint density at radius 1 is 1.29 bits per heavy atom. The number of nitrogens with one attached hydrogen (secondary N) is 1. The third-order valence-electron chi connectivity index (χ3n) is 4.54. The van der Waals surface area contributed by atoms with Crippen molar-refractivity contribution in [2.75, 3.05) is 0 Å². The van der Waals surface area contributed by atoms with E-state index in [9.17, 15) is 10.1 Å². The number of pyridine rings is 1. The fourth-order valence-electron chi connectivity index (χ4n) is 3.07. The second-order valence-corrected chi connectivity index (χ2v) is 6.24. The minimum Gasteiger partial charge on any atom is -0.268 e. The summed E-state index contributed by atoms with van der Waals surface area (Å²) < 4.78 is 1.70. The molecular formula is C21H15N6O. The third kappa shape index (κ3) is 2.97. The van der Waals surface area contributed by atoms with Crippen LogP contribution in [0.25, 0.3) is 33.5 Å². The van der Waals surface area contributed by atoms with Crippen molar-refractivity contribution in [1.82, 2.24) is 25.0 Å². The highest BCUT2D eigenvalue weighted by Gasteiger charge is 2.13. The average Bonchev–Trinajstić information content (AvgIpc) is 3.09. The number of rotatable bonds is 3. The molecule has 1 radical (unpaired) electrons. The number of aryl methyl sites for hydroxylation is 1. The summed E-state index contributed by atoms with van der Waals surface area (Å²) in [5.41, 5.74) is 3.90. The molecule has 0 aliphatic carbocycles. The minimum atomic E-state index is -0.261. The van der Waals surface area contributed by atoms with Crippen molar-refractivity contribution in [3.05, 3.63) is 83.2 Å². The van der Waals surface area contributed by atoms with E-state index in [1.54, 1.807) is 41.5 Å². The first kappa shape index (κ1) is 17.4. The number of hydrogen-bond acceptors (Lipinski definition) is 5. The van der Waals surface area contributed by atoms with Crippen LogP contribution in [0.5, 0.6) is 0 Å². The number of nitriles is 1. The molecule has 4 rings (SSSR count). The van der Waals surface area contributed by atoms with Crippen molar-refractivity contribution in [3.63, 3.8) is 0 Å². The topological polar surface area (TPSA) is 100 Å². The number of aromatic amines is 1. The zero-order chi connectivity index (χ0) is 19.7. The van der Waals surface area contributed by atoms with Gasteiger partial charge >= 0.3 is 0 Å². The molecule has 3 aromatic heterocycles. The third-order valence-corrected chi connectivity index (χ3v) is 4.54. The quantitative estimate of drug-likeness (QED) is 0.561. The van der Waals surface area contributed by atoms with Gasteiger partial charge in [0.25, 0.3) is 5.56 Å². The molecule has 0 saturated heterocycles. The highest BCUT2D eigenvalue weighted by molar-refractivity contribution is 5.94. The molecule has 28 heavy (non-hydrogen) atoms. The lowest BCUT2D eigenvalue weighted by Crippen LogP contribution is -2.09. The van der Waals surface area contributed by atoms with Crippen molar-refractivity contribution in [2.24, 2.45) is 7.05 Å². The molecule has 0 atom stereocenters. The molecule has 0 saturated carbocycles. The van der Waals surface area contributed by atoms with Crippen LogP contribution in [0.1, 0.15) is 17.0 Å². The predicted octanol–water partition coefficient (Wildman–Crippen LogP) is 2.96. The van der Waals surface area contributed by atoms with Gasteiger partial charge in [-0.25, -0.2) is 5.10 Å². The molecule has 7 nitrogen and oxygen atoms in total. The van der Waals surface area contributed by atoms with Crippen LogP contribution in [-0.4, -0.2) is 25.0 Å². The van der Waals surface area contributed by atoms with Crippen LogP contribution in [0.4, 0.5) is 0 Å². The lowest BCUT2D eigenvalue weighted by atomic mass is 10.00. The average molecular weight is 367 g/mol. The predicted molar refractivity (Wildman–Crippen MR) is 107 cm³/mol. The van der Waals surface area contributed by atoms with Gasteiger partial charge in [0.2, 0.25) is 0 Å². The summed E-state index contributed by atoms with van der Waals surface area (Å²) in [6.45, 7) is 3.89. The van der Waals surface area contributed by atoms with E-state index in [4.69, 9.17) is 0 Å². The number of H-pyrrole nitrogens is 1. The van der Waals surface area contributed by atoms with Crippen molar-refractivity contribution < 1.29 is 0 Å². The van der Waals surface area contributed by atoms with Crippen LogP contribution in [0, 0.1) is 18.3 Å². The van der Waals surface area contributed by atoms with E-state index < -0.39 is 0 Å². The first-order chi connectivity index (χ1) is 13.6. The number of nitrogens with zero attached hydrogens (tertiary/aromatic N) is 5. The van der Waals surface area contributed by atoms with Crippen LogP contribution in [0.2, 0.25) is 0 Å². The summed E-state index contributed by atoms with van der Waals surface area (Å²) in [6.07, 6.45) is 6.82. The summed E-state index contributed by atoms with van der Waals surface area (Å²) in [5.74, 6) is 0. The van der Waals surface area contributed by atoms with Crippen LogP contribution in [-0.2, 0) is 7.05 Å². The molecule has 0 bridgehead atoms. The van der Waals surface area contributed by atoms with E-state index in [1.165, 1.54) is 0 Å². The van der Waals surface area contributed by atoms with Gasteiger partial charge in [0.1, 0.15) is 0 Å². The second kappa shape index (κ2) is 6.93. The molecule has 0 spiro atoms. The molecule has 4 aromatic rings. The molecule has 0 aliphatic heterocycles. The highest BCUT2D eigenvalue weighted by atomic mass is 16.1. The van der Waals surface area contributed by atoms with E-state index >= 15 is 0 Å². The van der Waals surface area contributed by atoms with Crippen LogP contribution >= 0.6 is 0 Å². The Morgan fingerprint density at radius 3 is 2.89 bits per heavy atom. The molecule has 0 aliphatic rings. The molecule has 7 heteroatoms. The Hall–Kier alpha value is -4.05. The standard InChI is InChI=1S/C21H15N6O/c1-13-18-8-14(5-6-17(18)21(28)26-25-13)19-12-24-27(2)20(19)9-16(10-22)15-4-3-7-23-11-15/h3-9,11-12H,1H2,2H3,(H,26,28). The SMILES string of the molecule is [CH2]c1n[nH]c(=O)c2ccc(-c3cnn(C)c3C=C(C#N)c3cccnc3)cc12. The molecule has 0 fully saturated rings. The Bertz CT molecular complexity index is 1310. The first-order valence-electron chi connectivity index (χ1n) is 8.47. The van der Waals surface area contributed by atoms with E-state index in [1.807, 2.05) is 25.2 Å². The summed E-state index contributed by atoms with van der Waals surface area (Å²) in [7, 11) is 1.81. The Balaban J connectivity index is 1.89. The Labute approximate surface area is 160 Å². The fourth-order valence-corrected chi connectivity index (χ4v) is 3.07. The van der Waals surface area contributed by atoms with Gasteiger partial charge in [-0.15, -0.1) is 0 Å². The molecular weight excluding hydrogens is 352 g/mol. The zero-order valence-electron chi connectivity index (χ0n) is 15.0. The fraction of sp³-hybridized carbons (Fsp3) is 0.0476. The normalized spacial score (nSPS) is 11.5. The van der Waals surface area contributed by atoms with E-state index in [2.05, 4.69) is 33.3 Å². The van der Waals surface area contributed by atoms with Crippen molar-refractivity contribution in [3.8, 4) is 17.2 Å². The van der Waals surface area contributed by atoms with E-state index in [0.29, 0.717) is 22.0 Å². The highest BCUT2D eigenvalue weighted by Crippen LogP contribution is 2.29. The number of aromatic nitrogens is 5. The van der Waals surface area contributed by atoms with Crippen LogP contribution in [0.3, 0.4) is 0 Å². The van der Waals surface area contributed by atoms with Gasteiger partial charge in [0.05, 0.1) is 34.6 Å². The first-order valence-corrected chi connectivity index (χ1v) is 8.47. The number of fused-ring (bicyclic) bond motifs is 1. The van der Waals surface area contributed by atoms with Crippen molar-refractivity contribution in [2.45, 2.75) is 0 Å². The second-order valence-electron chi connectivity index (χ2n) is 6.24. The van der Waals surface area contributed by atoms with Crippen LogP contribution in [0.15, 0.2) is 53.7 Å². The molecule has 1 aromatic carbocycles. The minimum absolute atomic E-state index is 0.261. The van der Waals surface area contributed by atoms with Crippen LogP contribution < -0.4 is 5.56 Å². The largest absolute Gasteiger partial charge is 0.272 e. The molecule has 3 heterocycles. The summed E-state index contributed by atoms with van der Waals surface area (Å²) >= 11 is 0. The van der Waals surface area contributed by atoms with Gasteiger partial charge in [0, 0.05) is 36.0 Å². The Kier molecular flexibility index (Phi) is 4.30. The van der Waals surface area contributed by atoms with Gasteiger partial charge in [-0.3, -0.25) is 14.5 Å². The molecule has 0 unspecified atom stereocenters. The molecule has 1 N–H and O–H groups in total. The van der Waals surface area contributed by atoms with Crippen molar-refractivity contribution >= 4 is 22.4 Å². The summed E-state index contributed by atoms with van der Waals surface area (Å²) in [4.78, 5) is 16.1. The maximum absolute atomic E-state index is 12.0. The monoisotopic (exact) mass is 367 g/mol. The molecule has 0 amide bonds. The lowest BCUT2D eigenvalue weighted by Gasteiger charge is -2.06. The van der Waals surface area contributed by atoms with Crippen molar-refractivity contribution in [1.29, 1.82) is 5.26 Å². The maximum atomic E-state index is 12.0. The van der Waals surface area contributed by atoms with Gasteiger partial charge in [-0.1, -0.05) is 12.1 Å². The summed E-state index contributed by atoms with van der Waals surface area (Å²) in [5, 5.41) is 21.5. The number of allylic oxidation sites excluding steroid dienone is 1. The number of benzene rings is 1. The summed E-state index contributed by atoms with van der Waals surface area (Å²) in [6, 6.07) is 11.3. The van der Waals surface area contributed by atoms with E-state index in [-0.39, 0.29) is 5.56 Å². The van der Waals surface area contributed by atoms with E-state index in [0.717, 1.165) is 22.4 Å². The van der Waals surface area contributed by atoms with Gasteiger partial charge in [-0.2, -0.15) is 15.5 Å². The smallest absolute Gasteiger partial charge is 0.268 e. The number of hydrogen-bond donors (Lipinski definition) is 1. The van der Waals surface area contributed by atoms with Gasteiger partial charge < -0.3 is 0 Å². The molecule has 135 valence electrons. The van der Waals surface area contributed by atoms with Gasteiger partial charge in [-0.05, 0) is 36.8 Å². The lowest BCUT2D eigenvalue weighted by molar-refractivity contribution is 0.760.